The number of nitrogens with one attached hydrogen (secondary N) is 2. The number of aryl methyl sites for hydroxylation is 2. The summed E-state index contributed by atoms with van der Waals surface area (Å²) in [7, 11) is -0.518. The average Bonchev–Trinajstić information content (AvgIpc) is 2.49. The molecule has 0 saturated heterocycles. The topological polar surface area (TPSA) is 99.4 Å². The highest BCUT2D eigenvalue weighted by atomic mass is 32.2. The zero-order valence-corrected chi connectivity index (χ0v) is 14.0. The van der Waals surface area contributed by atoms with Gasteiger partial charge in [0, 0.05) is 19.2 Å². The van der Waals surface area contributed by atoms with Crippen LogP contribution in [-0.4, -0.2) is 26.0 Å². The van der Waals surface area contributed by atoms with E-state index >= 15 is 0 Å². The van der Waals surface area contributed by atoms with Crippen LogP contribution in [0, 0.1) is 6.92 Å². The van der Waals surface area contributed by atoms with Crippen molar-refractivity contribution < 1.29 is 22.3 Å². The predicted molar refractivity (Wildman–Crippen MR) is 86.7 cm³/mol. The van der Waals surface area contributed by atoms with Gasteiger partial charge >= 0.3 is 6.03 Å². The Bertz CT molecular complexity index is 741. The minimum absolute atomic E-state index is 0.0666. The number of carbonyl (C=O) groups is 1. The molecule has 7 nitrogen and oxygen atoms in total. The van der Waals surface area contributed by atoms with E-state index in [0.717, 1.165) is 11.3 Å². The minimum Gasteiger partial charge on any atom is -0.341 e. The van der Waals surface area contributed by atoms with Crippen molar-refractivity contribution in [2.45, 2.75) is 11.8 Å². The van der Waals surface area contributed by atoms with Crippen LogP contribution in [0.3, 0.4) is 0 Å². The number of carbonyl (C=O) groups excluding carboxylic acids is 1. The molecule has 0 bridgehead atoms. The van der Waals surface area contributed by atoms with Gasteiger partial charge in [-0.15, -0.1) is 0 Å². The molecule has 8 heteroatoms. The molecule has 2 aromatic rings. The maximum atomic E-state index is 10.8. The van der Waals surface area contributed by atoms with Crippen molar-refractivity contribution in [3.63, 3.8) is 0 Å². The molecule has 0 aliphatic heterocycles. The maximum absolute atomic E-state index is 10.8. The molecule has 0 unspecified atom stereocenters. The van der Waals surface area contributed by atoms with Gasteiger partial charge in [-0.2, -0.15) is 8.42 Å². The van der Waals surface area contributed by atoms with Gasteiger partial charge in [-0.1, -0.05) is 17.7 Å². The molecule has 124 valence electrons. The second-order valence-corrected chi connectivity index (χ2v) is 6.17. The molecule has 0 aliphatic rings. The van der Waals surface area contributed by atoms with E-state index in [2.05, 4.69) is 10.6 Å². The van der Waals surface area contributed by atoms with Crippen LogP contribution in [0.2, 0.25) is 0 Å². The molecule has 1 aromatic heterocycles. The lowest BCUT2D eigenvalue weighted by atomic mass is 10.2. The highest BCUT2D eigenvalue weighted by Crippen LogP contribution is 2.08. The van der Waals surface area contributed by atoms with Crippen molar-refractivity contribution in [1.29, 1.82) is 0 Å². The fourth-order valence-electron chi connectivity index (χ4n) is 1.49. The summed E-state index contributed by atoms with van der Waals surface area (Å²) in [6.45, 7) is 1.84. The van der Waals surface area contributed by atoms with Crippen molar-refractivity contribution in [3.8, 4) is 0 Å². The molecular weight excluding hydrogens is 318 g/mol. The minimum atomic E-state index is -4.02. The lowest BCUT2D eigenvalue weighted by molar-refractivity contribution is -0.671. The Balaban J connectivity index is 0.000000231. The summed E-state index contributed by atoms with van der Waals surface area (Å²) in [4.78, 5) is 10.8. The van der Waals surface area contributed by atoms with Crippen LogP contribution in [0.15, 0.2) is 53.7 Å². The number of pyridine rings is 1. The smallest absolute Gasteiger partial charge is 0.318 e. The molecule has 0 fully saturated rings. The summed E-state index contributed by atoms with van der Waals surface area (Å²) in [5.41, 5.74) is 1.74. The summed E-state index contributed by atoms with van der Waals surface area (Å²) in [6, 6.07) is 9.44. The number of amides is 2. The second kappa shape index (κ2) is 8.25. The van der Waals surface area contributed by atoms with E-state index in [-0.39, 0.29) is 10.9 Å². The van der Waals surface area contributed by atoms with E-state index in [9.17, 15) is 13.2 Å². The SMILES string of the molecule is CNC(=O)Nc1cc[n+](C)cc1.Cc1ccc(S(=O)(=O)O)cc1. The van der Waals surface area contributed by atoms with E-state index in [0.29, 0.717) is 0 Å². The van der Waals surface area contributed by atoms with E-state index in [4.69, 9.17) is 4.55 Å². The first kappa shape index (κ1) is 18.6. The summed E-state index contributed by atoms with van der Waals surface area (Å²) < 4.78 is 31.4. The number of nitrogens with zero attached hydrogens (tertiary/aromatic N) is 1. The largest absolute Gasteiger partial charge is 0.341 e. The Labute approximate surface area is 135 Å². The van der Waals surface area contributed by atoms with Crippen LogP contribution >= 0.6 is 0 Å². The molecule has 1 aromatic carbocycles. The van der Waals surface area contributed by atoms with Gasteiger partial charge < -0.3 is 10.6 Å². The molecule has 3 N–H and O–H groups in total. The van der Waals surface area contributed by atoms with Crippen LogP contribution in [0.25, 0.3) is 0 Å². The average molecular weight is 338 g/mol. The van der Waals surface area contributed by atoms with Gasteiger partial charge in [0.15, 0.2) is 12.4 Å². The Morgan fingerprint density at radius 1 is 1.09 bits per heavy atom. The van der Waals surface area contributed by atoms with Crippen LogP contribution in [0.1, 0.15) is 5.56 Å². The molecule has 0 aliphatic carbocycles. The van der Waals surface area contributed by atoms with Crippen LogP contribution in [0.4, 0.5) is 10.5 Å². The molecule has 0 saturated carbocycles. The molecule has 23 heavy (non-hydrogen) atoms. The van der Waals surface area contributed by atoms with Gasteiger partial charge in [-0.25, -0.2) is 9.36 Å². The van der Waals surface area contributed by atoms with Crippen molar-refractivity contribution in [3.05, 3.63) is 54.4 Å². The Hall–Kier alpha value is -2.45. The summed E-state index contributed by atoms with van der Waals surface area (Å²) in [6.07, 6.45) is 3.73. The quantitative estimate of drug-likeness (QED) is 0.571. The number of benzene rings is 1. The van der Waals surface area contributed by atoms with Crippen molar-refractivity contribution in [2.75, 3.05) is 12.4 Å². The van der Waals surface area contributed by atoms with E-state index in [1.54, 1.807) is 19.2 Å². The number of hydrogen-bond donors (Lipinski definition) is 3. The summed E-state index contributed by atoms with van der Waals surface area (Å²) >= 11 is 0. The maximum Gasteiger partial charge on any atom is 0.318 e. The molecular formula is C15H20N3O4S+. The third-order valence-corrected chi connectivity index (χ3v) is 3.65. The zero-order valence-electron chi connectivity index (χ0n) is 13.1. The number of aromatic nitrogens is 1. The fraction of sp³-hybridized carbons (Fsp3) is 0.200. The lowest BCUT2D eigenvalue weighted by Crippen LogP contribution is -2.28. The highest BCUT2D eigenvalue weighted by Gasteiger charge is 2.06. The van der Waals surface area contributed by atoms with Crippen LogP contribution in [0.5, 0.6) is 0 Å². The standard InChI is InChI=1S/C8H11N3O.C7H8O3S/c1-9-8(12)10-7-3-5-11(2)6-4-7;1-6-2-4-7(5-3-6)11(8,9)10/h3-6H,1-2H3,(H,9,12);2-5H,1H3,(H,8,9,10)/p+1. The number of hydrogen-bond acceptors (Lipinski definition) is 3. The summed E-state index contributed by atoms with van der Waals surface area (Å²) in [5, 5.41) is 5.13. The van der Waals surface area contributed by atoms with Gasteiger partial charge in [0.05, 0.1) is 10.6 Å². The van der Waals surface area contributed by atoms with E-state index in [1.807, 2.05) is 43.1 Å². The number of urea groups is 1. The third kappa shape index (κ3) is 6.90. The van der Waals surface area contributed by atoms with Crippen molar-refractivity contribution >= 4 is 21.8 Å². The van der Waals surface area contributed by atoms with Gasteiger partial charge in [0.1, 0.15) is 7.05 Å². The molecule has 2 rings (SSSR count). The zero-order chi connectivity index (χ0) is 17.5. The lowest BCUT2D eigenvalue weighted by Gasteiger charge is -2.01. The van der Waals surface area contributed by atoms with Crippen molar-refractivity contribution in [1.82, 2.24) is 5.32 Å². The second-order valence-electron chi connectivity index (χ2n) is 4.74. The highest BCUT2D eigenvalue weighted by molar-refractivity contribution is 7.85. The molecule has 1 heterocycles. The van der Waals surface area contributed by atoms with Crippen LogP contribution in [-0.2, 0) is 17.2 Å². The van der Waals surface area contributed by atoms with Gasteiger partial charge in [0.2, 0.25) is 0 Å². The van der Waals surface area contributed by atoms with E-state index < -0.39 is 10.1 Å². The Kier molecular flexibility index (Phi) is 6.67. The monoisotopic (exact) mass is 338 g/mol. The predicted octanol–water partition coefficient (Wildman–Crippen LogP) is 1.50. The summed E-state index contributed by atoms with van der Waals surface area (Å²) in [5.74, 6) is 0. The first-order valence-electron chi connectivity index (χ1n) is 6.70. The molecule has 0 radical (unpaired) electrons. The van der Waals surface area contributed by atoms with Gasteiger partial charge in [0.25, 0.3) is 10.1 Å². The number of rotatable bonds is 2. The normalized spacial score (nSPS) is 10.3. The Morgan fingerprint density at radius 3 is 2.04 bits per heavy atom. The molecule has 0 spiro atoms. The first-order valence-corrected chi connectivity index (χ1v) is 8.14. The Morgan fingerprint density at radius 2 is 1.61 bits per heavy atom. The fourth-order valence-corrected chi connectivity index (χ4v) is 1.97. The first-order chi connectivity index (χ1) is 10.7. The third-order valence-electron chi connectivity index (χ3n) is 2.78. The molecule has 0 atom stereocenters. The van der Waals surface area contributed by atoms with Crippen molar-refractivity contribution in [2.24, 2.45) is 7.05 Å². The number of anilines is 1. The van der Waals surface area contributed by atoms with Gasteiger partial charge in [-0.05, 0) is 19.1 Å². The van der Waals surface area contributed by atoms with Gasteiger partial charge in [-0.3, -0.25) is 4.55 Å². The van der Waals surface area contributed by atoms with E-state index in [1.165, 1.54) is 12.1 Å². The molecule has 2 amide bonds. The van der Waals surface area contributed by atoms with Crippen LogP contribution < -0.4 is 15.2 Å².